The summed E-state index contributed by atoms with van der Waals surface area (Å²) in [6, 6.07) is 2.95. The summed E-state index contributed by atoms with van der Waals surface area (Å²) < 4.78 is 25.1. The van der Waals surface area contributed by atoms with Gasteiger partial charge >= 0.3 is 0 Å². The van der Waals surface area contributed by atoms with Gasteiger partial charge in [-0.2, -0.15) is 0 Å². The van der Waals surface area contributed by atoms with Crippen molar-refractivity contribution >= 4 is 5.71 Å². The predicted octanol–water partition coefficient (Wildman–Crippen LogP) is 2.16. The summed E-state index contributed by atoms with van der Waals surface area (Å²) >= 11 is 0. The third-order valence-electron chi connectivity index (χ3n) is 1.43. The molecular formula is C8H7F2NO. The van der Waals surface area contributed by atoms with Crippen LogP contribution in [0, 0.1) is 11.6 Å². The van der Waals surface area contributed by atoms with Gasteiger partial charge < -0.3 is 5.21 Å². The van der Waals surface area contributed by atoms with E-state index in [1.165, 1.54) is 6.92 Å². The minimum atomic E-state index is -0.687. The van der Waals surface area contributed by atoms with Crippen LogP contribution in [0.5, 0.6) is 0 Å². The average Bonchev–Trinajstić information content (AvgIpc) is 2.01. The number of hydrogen-bond acceptors (Lipinski definition) is 2. The maximum Gasteiger partial charge on any atom is 0.126 e. The molecule has 0 aromatic heterocycles. The molecule has 0 spiro atoms. The predicted molar refractivity (Wildman–Crippen MR) is 40.4 cm³/mol. The molecule has 0 radical (unpaired) electrons. The standard InChI is InChI=1S/C8H7F2NO/c1-5(11-12)6-2-7(9)4-8(10)3-6/h2-4,12H,1H3. The highest BCUT2D eigenvalue weighted by molar-refractivity contribution is 5.98. The Balaban J connectivity index is 3.17. The Morgan fingerprint density at radius 2 is 1.75 bits per heavy atom. The van der Waals surface area contributed by atoms with Gasteiger partial charge in [0.05, 0.1) is 5.71 Å². The Hall–Kier alpha value is -1.45. The second-order valence-electron chi connectivity index (χ2n) is 2.34. The van der Waals surface area contributed by atoms with Crippen molar-refractivity contribution in [1.82, 2.24) is 0 Å². The zero-order valence-corrected chi connectivity index (χ0v) is 6.38. The lowest BCUT2D eigenvalue weighted by Crippen LogP contribution is -1.96. The van der Waals surface area contributed by atoms with Crippen molar-refractivity contribution in [3.63, 3.8) is 0 Å². The highest BCUT2D eigenvalue weighted by atomic mass is 19.1. The fourth-order valence-electron chi connectivity index (χ4n) is 0.820. The molecule has 64 valence electrons. The summed E-state index contributed by atoms with van der Waals surface area (Å²) in [6.07, 6.45) is 0. The molecule has 0 amide bonds. The quantitative estimate of drug-likeness (QED) is 0.392. The van der Waals surface area contributed by atoms with Crippen LogP contribution in [-0.2, 0) is 0 Å². The molecule has 1 N–H and O–H groups in total. The zero-order valence-electron chi connectivity index (χ0n) is 6.38. The van der Waals surface area contributed by atoms with Gasteiger partial charge in [0.1, 0.15) is 11.6 Å². The first-order valence-electron chi connectivity index (χ1n) is 3.28. The van der Waals surface area contributed by atoms with Gasteiger partial charge in [-0.15, -0.1) is 0 Å². The summed E-state index contributed by atoms with van der Waals surface area (Å²) in [5.41, 5.74) is 0.406. The van der Waals surface area contributed by atoms with E-state index in [1.54, 1.807) is 0 Å². The molecule has 1 aromatic carbocycles. The van der Waals surface area contributed by atoms with Crippen LogP contribution < -0.4 is 0 Å². The first-order valence-corrected chi connectivity index (χ1v) is 3.28. The molecule has 0 saturated carbocycles. The molecule has 0 aliphatic heterocycles. The molecule has 12 heavy (non-hydrogen) atoms. The second-order valence-corrected chi connectivity index (χ2v) is 2.34. The van der Waals surface area contributed by atoms with Gasteiger partial charge in [-0.05, 0) is 19.1 Å². The first kappa shape index (κ1) is 8.64. The van der Waals surface area contributed by atoms with E-state index in [2.05, 4.69) is 5.16 Å². The Kier molecular flexibility index (Phi) is 2.38. The molecule has 0 fully saturated rings. The van der Waals surface area contributed by atoms with Gasteiger partial charge in [0.2, 0.25) is 0 Å². The Morgan fingerprint density at radius 3 is 2.17 bits per heavy atom. The number of halogens is 2. The molecule has 2 nitrogen and oxygen atoms in total. The van der Waals surface area contributed by atoms with Gasteiger partial charge in [0.15, 0.2) is 0 Å². The third kappa shape index (κ3) is 1.78. The van der Waals surface area contributed by atoms with Crippen LogP contribution in [0.1, 0.15) is 12.5 Å². The van der Waals surface area contributed by atoms with Crippen LogP contribution in [0.3, 0.4) is 0 Å². The molecule has 0 atom stereocenters. The van der Waals surface area contributed by atoms with Gasteiger partial charge in [-0.3, -0.25) is 0 Å². The molecule has 1 aromatic rings. The summed E-state index contributed by atoms with van der Waals surface area (Å²) in [7, 11) is 0. The molecule has 4 heteroatoms. The Labute approximate surface area is 68.1 Å². The molecular weight excluding hydrogens is 164 g/mol. The van der Waals surface area contributed by atoms with Crippen LogP contribution in [0.4, 0.5) is 8.78 Å². The molecule has 0 unspecified atom stereocenters. The van der Waals surface area contributed by atoms with E-state index in [1.807, 2.05) is 0 Å². The van der Waals surface area contributed by atoms with Crippen molar-refractivity contribution < 1.29 is 14.0 Å². The lowest BCUT2D eigenvalue weighted by molar-refractivity contribution is 0.319. The van der Waals surface area contributed by atoms with Crippen molar-refractivity contribution in [3.8, 4) is 0 Å². The fraction of sp³-hybridized carbons (Fsp3) is 0.125. The molecule has 0 heterocycles. The zero-order chi connectivity index (χ0) is 9.14. The maximum atomic E-state index is 12.5. The minimum Gasteiger partial charge on any atom is -0.411 e. The van der Waals surface area contributed by atoms with Crippen molar-refractivity contribution in [1.29, 1.82) is 0 Å². The highest BCUT2D eigenvalue weighted by Gasteiger charge is 2.02. The highest BCUT2D eigenvalue weighted by Crippen LogP contribution is 2.08. The van der Waals surface area contributed by atoms with Crippen LogP contribution in [-0.4, -0.2) is 10.9 Å². The largest absolute Gasteiger partial charge is 0.411 e. The van der Waals surface area contributed by atoms with E-state index in [0.717, 1.165) is 18.2 Å². The van der Waals surface area contributed by atoms with E-state index in [9.17, 15) is 8.78 Å². The number of nitrogens with zero attached hydrogens (tertiary/aromatic N) is 1. The molecule has 0 saturated heterocycles. The summed E-state index contributed by atoms with van der Waals surface area (Å²) in [5.74, 6) is -1.37. The minimum absolute atomic E-state index is 0.174. The summed E-state index contributed by atoms with van der Waals surface area (Å²) in [6.45, 7) is 1.45. The van der Waals surface area contributed by atoms with Crippen molar-refractivity contribution in [2.75, 3.05) is 0 Å². The van der Waals surface area contributed by atoms with Crippen LogP contribution in [0.25, 0.3) is 0 Å². The van der Waals surface area contributed by atoms with Crippen LogP contribution in [0.15, 0.2) is 23.4 Å². The van der Waals surface area contributed by atoms with Crippen LogP contribution in [0.2, 0.25) is 0 Å². The fourth-order valence-corrected chi connectivity index (χ4v) is 0.820. The molecule has 0 bridgehead atoms. The van der Waals surface area contributed by atoms with Crippen molar-refractivity contribution in [3.05, 3.63) is 35.4 Å². The van der Waals surface area contributed by atoms with Gasteiger partial charge in [-0.1, -0.05) is 5.16 Å². The smallest absolute Gasteiger partial charge is 0.126 e. The van der Waals surface area contributed by atoms with E-state index in [-0.39, 0.29) is 11.3 Å². The van der Waals surface area contributed by atoms with Gasteiger partial charge in [0, 0.05) is 11.6 Å². The monoisotopic (exact) mass is 171 g/mol. The number of benzene rings is 1. The average molecular weight is 171 g/mol. The van der Waals surface area contributed by atoms with Gasteiger partial charge in [0.25, 0.3) is 0 Å². The summed E-state index contributed by atoms with van der Waals surface area (Å²) in [5, 5.41) is 11.1. The van der Waals surface area contributed by atoms with E-state index < -0.39 is 11.6 Å². The molecule has 1 rings (SSSR count). The number of rotatable bonds is 1. The van der Waals surface area contributed by atoms with Crippen molar-refractivity contribution in [2.45, 2.75) is 6.92 Å². The number of oxime groups is 1. The molecule has 0 aliphatic rings. The van der Waals surface area contributed by atoms with E-state index >= 15 is 0 Å². The summed E-state index contributed by atoms with van der Waals surface area (Å²) in [4.78, 5) is 0. The normalized spacial score (nSPS) is 11.8. The third-order valence-corrected chi connectivity index (χ3v) is 1.43. The Morgan fingerprint density at radius 1 is 1.25 bits per heavy atom. The molecule has 0 aliphatic carbocycles. The second kappa shape index (κ2) is 3.30. The van der Waals surface area contributed by atoms with E-state index in [0.29, 0.717) is 0 Å². The topological polar surface area (TPSA) is 32.6 Å². The lowest BCUT2D eigenvalue weighted by Gasteiger charge is -1.98. The van der Waals surface area contributed by atoms with Gasteiger partial charge in [-0.25, -0.2) is 8.78 Å². The van der Waals surface area contributed by atoms with Crippen LogP contribution >= 0.6 is 0 Å². The lowest BCUT2D eigenvalue weighted by atomic mass is 10.1. The van der Waals surface area contributed by atoms with E-state index in [4.69, 9.17) is 5.21 Å². The Bertz CT molecular complexity index is 303. The van der Waals surface area contributed by atoms with Crippen molar-refractivity contribution in [2.24, 2.45) is 5.16 Å². The number of hydrogen-bond donors (Lipinski definition) is 1. The SMILES string of the molecule is CC(=NO)c1cc(F)cc(F)c1. The first-order chi connectivity index (χ1) is 5.63. The maximum absolute atomic E-state index is 12.5.